The highest BCUT2D eigenvalue weighted by atomic mass is 32.2. The number of benzene rings is 2. The Kier molecular flexibility index (Phi) is 7.78. The van der Waals surface area contributed by atoms with Crippen LogP contribution in [0.25, 0.3) is 0 Å². The normalized spacial score (nSPS) is 11.2. The molecule has 8 heteroatoms. The molecular formula is C19H23NO6S. The van der Waals surface area contributed by atoms with E-state index in [2.05, 4.69) is 4.72 Å². The van der Waals surface area contributed by atoms with Crippen LogP contribution in [-0.4, -0.2) is 54.0 Å². The van der Waals surface area contributed by atoms with Crippen molar-refractivity contribution < 1.29 is 27.4 Å². The topological polar surface area (TPSA) is 90.9 Å². The summed E-state index contributed by atoms with van der Waals surface area (Å²) >= 11 is 0. The summed E-state index contributed by atoms with van der Waals surface area (Å²) in [6.45, 7) is 0.741. The van der Waals surface area contributed by atoms with Gasteiger partial charge in [0, 0.05) is 18.2 Å². The highest BCUT2D eigenvalue weighted by Crippen LogP contribution is 2.27. The largest absolute Gasteiger partial charge is 0.495 e. The number of hydrogen-bond acceptors (Lipinski definition) is 6. The first-order chi connectivity index (χ1) is 13.0. The van der Waals surface area contributed by atoms with Crippen molar-refractivity contribution in [1.82, 2.24) is 0 Å². The quantitative estimate of drug-likeness (QED) is 0.465. The predicted octanol–water partition coefficient (Wildman–Crippen LogP) is 2.33. The second kappa shape index (κ2) is 10.1. The molecule has 7 nitrogen and oxygen atoms in total. The van der Waals surface area contributed by atoms with Gasteiger partial charge in [-0.05, 0) is 18.2 Å². The predicted molar refractivity (Wildman–Crippen MR) is 103 cm³/mol. The van der Waals surface area contributed by atoms with Crippen LogP contribution in [0, 0.1) is 0 Å². The van der Waals surface area contributed by atoms with E-state index >= 15 is 0 Å². The SMILES string of the molecule is COCCOCCS(=O)(=O)Nc1cc(C(=O)c2ccccc2)ccc1OC. The molecule has 0 atom stereocenters. The molecule has 2 aromatic rings. The summed E-state index contributed by atoms with van der Waals surface area (Å²) in [6, 6.07) is 13.4. The Hall–Kier alpha value is -2.42. The average Bonchev–Trinajstić information content (AvgIpc) is 2.67. The minimum Gasteiger partial charge on any atom is -0.495 e. The first kappa shape index (κ1) is 20.9. The smallest absolute Gasteiger partial charge is 0.235 e. The molecule has 0 aliphatic carbocycles. The first-order valence-corrected chi connectivity index (χ1v) is 9.97. The summed E-state index contributed by atoms with van der Waals surface area (Å²) in [5.41, 5.74) is 1.08. The van der Waals surface area contributed by atoms with Gasteiger partial charge in [-0.3, -0.25) is 9.52 Å². The van der Waals surface area contributed by atoms with E-state index in [0.29, 0.717) is 30.1 Å². The van der Waals surface area contributed by atoms with Crippen molar-refractivity contribution in [3.63, 3.8) is 0 Å². The summed E-state index contributed by atoms with van der Waals surface area (Å²) < 4.78 is 42.3. The second-order valence-corrected chi connectivity index (χ2v) is 7.48. The van der Waals surface area contributed by atoms with E-state index in [4.69, 9.17) is 14.2 Å². The molecular weight excluding hydrogens is 370 g/mol. The third-order valence-electron chi connectivity index (χ3n) is 3.69. The molecule has 0 fully saturated rings. The molecule has 2 rings (SSSR count). The van der Waals surface area contributed by atoms with Gasteiger partial charge in [-0.15, -0.1) is 0 Å². The lowest BCUT2D eigenvalue weighted by Crippen LogP contribution is -2.21. The number of anilines is 1. The van der Waals surface area contributed by atoms with Crippen molar-refractivity contribution in [1.29, 1.82) is 0 Å². The van der Waals surface area contributed by atoms with Crippen LogP contribution in [0.1, 0.15) is 15.9 Å². The van der Waals surface area contributed by atoms with Crippen LogP contribution >= 0.6 is 0 Å². The zero-order chi connectivity index (χ0) is 19.7. The highest BCUT2D eigenvalue weighted by molar-refractivity contribution is 7.92. The lowest BCUT2D eigenvalue weighted by Gasteiger charge is -2.13. The van der Waals surface area contributed by atoms with E-state index in [0.717, 1.165) is 0 Å². The van der Waals surface area contributed by atoms with Gasteiger partial charge in [0.25, 0.3) is 0 Å². The van der Waals surface area contributed by atoms with Crippen molar-refractivity contribution in [2.24, 2.45) is 0 Å². The van der Waals surface area contributed by atoms with E-state index in [1.165, 1.54) is 20.3 Å². The number of hydrogen-bond donors (Lipinski definition) is 1. The number of carbonyl (C=O) groups is 1. The molecule has 1 N–H and O–H groups in total. The van der Waals surface area contributed by atoms with Gasteiger partial charge in [-0.25, -0.2) is 8.42 Å². The Morgan fingerprint density at radius 2 is 1.70 bits per heavy atom. The number of ether oxygens (including phenoxy) is 3. The molecule has 0 aromatic heterocycles. The molecule has 0 saturated heterocycles. The van der Waals surface area contributed by atoms with Crippen LogP contribution in [0.2, 0.25) is 0 Å². The van der Waals surface area contributed by atoms with Crippen molar-refractivity contribution >= 4 is 21.5 Å². The van der Waals surface area contributed by atoms with Crippen molar-refractivity contribution in [3.8, 4) is 5.75 Å². The minimum atomic E-state index is -3.67. The Balaban J connectivity index is 2.14. The van der Waals surface area contributed by atoms with Crippen LogP contribution < -0.4 is 9.46 Å². The van der Waals surface area contributed by atoms with Crippen LogP contribution in [0.15, 0.2) is 48.5 Å². The van der Waals surface area contributed by atoms with E-state index in [9.17, 15) is 13.2 Å². The summed E-state index contributed by atoms with van der Waals surface area (Å²) in [6.07, 6.45) is 0. The van der Waals surface area contributed by atoms with Gasteiger partial charge in [0.15, 0.2) is 5.78 Å². The minimum absolute atomic E-state index is 0.0314. The monoisotopic (exact) mass is 393 g/mol. The summed E-state index contributed by atoms with van der Waals surface area (Å²) in [5.74, 6) is -0.110. The van der Waals surface area contributed by atoms with Gasteiger partial charge in [0.2, 0.25) is 10.0 Å². The summed E-state index contributed by atoms with van der Waals surface area (Å²) in [7, 11) is -0.699. The molecule has 0 radical (unpaired) electrons. The Bertz CT molecular complexity index is 852. The summed E-state index contributed by atoms with van der Waals surface area (Å²) in [4.78, 5) is 12.6. The number of sulfonamides is 1. The lowest BCUT2D eigenvalue weighted by molar-refractivity contribution is 0.0785. The molecule has 146 valence electrons. The van der Waals surface area contributed by atoms with E-state index < -0.39 is 10.0 Å². The number of methoxy groups -OCH3 is 2. The van der Waals surface area contributed by atoms with Gasteiger partial charge < -0.3 is 14.2 Å². The molecule has 0 aliphatic rings. The molecule has 27 heavy (non-hydrogen) atoms. The van der Waals surface area contributed by atoms with Gasteiger partial charge in [-0.1, -0.05) is 30.3 Å². The van der Waals surface area contributed by atoms with Gasteiger partial charge >= 0.3 is 0 Å². The fraction of sp³-hybridized carbons (Fsp3) is 0.316. The van der Waals surface area contributed by atoms with Crippen LogP contribution in [0.4, 0.5) is 5.69 Å². The Morgan fingerprint density at radius 1 is 0.963 bits per heavy atom. The number of ketones is 1. The first-order valence-electron chi connectivity index (χ1n) is 8.32. The maximum Gasteiger partial charge on any atom is 0.235 e. The Labute approximate surface area is 159 Å². The molecule has 0 aliphatic heterocycles. The third kappa shape index (κ3) is 6.35. The fourth-order valence-electron chi connectivity index (χ4n) is 2.32. The number of rotatable bonds is 11. The number of carbonyl (C=O) groups excluding carboxylic acids is 1. The molecule has 0 saturated carbocycles. The average molecular weight is 393 g/mol. The molecule has 0 heterocycles. The zero-order valence-corrected chi connectivity index (χ0v) is 16.1. The van der Waals surface area contributed by atoms with Gasteiger partial charge in [0.05, 0.1) is 38.4 Å². The third-order valence-corrected chi connectivity index (χ3v) is 4.93. The van der Waals surface area contributed by atoms with E-state index in [1.807, 2.05) is 6.07 Å². The van der Waals surface area contributed by atoms with Crippen molar-refractivity contribution in [2.45, 2.75) is 0 Å². The maximum absolute atomic E-state index is 12.6. The van der Waals surface area contributed by atoms with Gasteiger partial charge in [0.1, 0.15) is 5.75 Å². The van der Waals surface area contributed by atoms with Crippen LogP contribution in [-0.2, 0) is 19.5 Å². The molecule has 0 unspecified atom stereocenters. The molecule has 2 aromatic carbocycles. The molecule has 0 bridgehead atoms. The molecule has 0 spiro atoms. The zero-order valence-electron chi connectivity index (χ0n) is 15.3. The van der Waals surface area contributed by atoms with Crippen molar-refractivity contribution in [2.75, 3.05) is 44.5 Å². The van der Waals surface area contributed by atoms with E-state index in [1.54, 1.807) is 36.4 Å². The Morgan fingerprint density at radius 3 is 2.37 bits per heavy atom. The summed E-state index contributed by atoms with van der Waals surface area (Å²) in [5, 5.41) is 0. The standard InChI is InChI=1S/C19H23NO6S/c1-24-10-11-26-12-13-27(22,23)20-17-14-16(8-9-18(17)25-2)19(21)15-6-4-3-5-7-15/h3-9,14,20H,10-13H2,1-2H3. The van der Waals surface area contributed by atoms with Gasteiger partial charge in [-0.2, -0.15) is 0 Å². The van der Waals surface area contributed by atoms with Crippen molar-refractivity contribution in [3.05, 3.63) is 59.7 Å². The highest BCUT2D eigenvalue weighted by Gasteiger charge is 2.17. The maximum atomic E-state index is 12.6. The fourth-order valence-corrected chi connectivity index (χ4v) is 3.25. The lowest BCUT2D eigenvalue weighted by atomic mass is 10.0. The number of nitrogens with one attached hydrogen (secondary N) is 1. The van der Waals surface area contributed by atoms with Crippen LogP contribution in [0.5, 0.6) is 5.75 Å². The second-order valence-electron chi connectivity index (χ2n) is 5.64. The molecule has 0 amide bonds. The van der Waals surface area contributed by atoms with Crippen LogP contribution in [0.3, 0.4) is 0 Å². The van der Waals surface area contributed by atoms with E-state index in [-0.39, 0.29) is 23.8 Å².